The van der Waals surface area contributed by atoms with Gasteiger partial charge in [-0.1, -0.05) is 129 Å². The van der Waals surface area contributed by atoms with Gasteiger partial charge in [-0.25, -0.2) is 0 Å². The van der Waals surface area contributed by atoms with E-state index in [0.717, 1.165) is 43.4 Å². The van der Waals surface area contributed by atoms with Crippen molar-refractivity contribution in [3.05, 3.63) is 143 Å². The lowest BCUT2D eigenvalue weighted by molar-refractivity contribution is -1.01. The average molecular weight is 463 g/mol. The van der Waals surface area contributed by atoms with Crippen LogP contribution in [0.15, 0.2) is 115 Å². The van der Waals surface area contributed by atoms with Crippen LogP contribution in [0.3, 0.4) is 0 Å². The van der Waals surface area contributed by atoms with E-state index in [-0.39, 0.29) is 5.54 Å². The van der Waals surface area contributed by atoms with Gasteiger partial charge < -0.3 is 4.48 Å². The van der Waals surface area contributed by atoms with Crippen molar-refractivity contribution in [2.45, 2.75) is 58.7 Å². The first-order valence-corrected chi connectivity index (χ1v) is 13.2. The molecule has 0 radical (unpaired) electrons. The standard InChI is InChI=1S/C34H40N/c1-4-34(5-2,33-25-17-16-24-32(33)26-29-18-10-7-11-19-29)35(6-3,27-30-20-12-8-13-21-30)28-31-22-14-9-15-23-31/h7-25H,4-6,26-28H2,1-3H3/q+1. The highest BCUT2D eigenvalue weighted by Gasteiger charge is 2.49. The van der Waals surface area contributed by atoms with Crippen molar-refractivity contribution in [1.29, 1.82) is 0 Å². The van der Waals surface area contributed by atoms with Crippen molar-refractivity contribution in [3.63, 3.8) is 0 Å². The summed E-state index contributed by atoms with van der Waals surface area (Å²) in [7, 11) is 0. The predicted octanol–water partition coefficient (Wildman–Crippen LogP) is 8.53. The molecule has 0 saturated heterocycles. The van der Waals surface area contributed by atoms with Gasteiger partial charge in [-0.2, -0.15) is 0 Å². The fourth-order valence-corrected chi connectivity index (χ4v) is 6.25. The van der Waals surface area contributed by atoms with Gasteiger partial charge in [-0.05, 0) is 24.5 Å². The van der Waals surface area contributed by atoms with Crippen LogP contribution in [0.25, 0.3) is 0 Å². The van der Waals surface area contributed by atoms with E-state index < -0.39 is 0 Å². The summed E-state index contributed by atoms with van der Waals surface area (Å²) >= 11 is 0. The molecule has 0 aliphatic carbocycles. The molecule has 0 unspecified atom stereocenters. The lowest BCUT2D eigenvalue weighted by atomic mass is 9.76. The third-order valence-electron chi connectivity index (χ3n) is 8.10. The molecule has 0 saturated carbocycles. The second-order valence-electron chi connectivity index (χ2n) is 9.81. The fraction of sp³-hybridized carbons (Fsp3) is 0.294. The van der Waals surface area contributed by atoms with Crippen molar-refractivity contribution >= 4 is 0 Å². The molecule has 0 N–H and O–H groups in total. The largest absolute Gasteiger partial charge is 0.308 e. The summed E-state index contributed by atoms with van der Waals surface area (Å²) in [4.78, 5) is 0. The highest BCUT2D eigenvalue weighted by atomic mass is 15.4. The highest BCUT2D eigenvalue weighted by molar-refractivity contribution is 5.37. The summed E-state index contributed by atoms with van der Waals surface area (Å²) in [5, 5.41) is 0. The van der Waals surface area contributed by atoms with E-state index in [1.807, 2.05) is 0 Å². The number of hydrogen-bond acceptors (Lipinski definition) is 0. The minimum atomic E-state index is 0.00576. The zero-order valence-corrected chi connectivity index (χ0v) is 21.7. The van der Waals surface area contributed by atoms with Crippen LogP contribution in [0.5, 0.6) is 0 Å². The number of hydrogen-bond donors (Lipinski definition) is 0. The SMILES string of the molecule is CCC(CC)(c1ccccc1Cc1ccccc1)[N+](CC)(Cc1ccccc1)Cc1ccccc1. The van der Waals surface area contributed by atoms with Gasteiger partial charge in [0.1, 0.15) is 18.6 Å². The number of quaternary nitrogens is 1. The number of nitrogens with zero attached hydrogens (tertiary/aromatic N) is 1. The third-order valence-corrected chi connectivity index (χ3v) is 8.10. The first-order chi connectivity index (χ1) is 17.2. The van der Waals surface area contributed by atoms with E-state index in [1.54, 1.807) is 0 Å². The first-order valence-electron chi connectivity index (χ1n) is 13.2. The molecule has 0 amide bonds. The molecule has 0 bridgehead atoms. The molecular weight excluding hydrogens is 422 g/mol. The molecule has 0 aliphatic heterocycles. The minimum Gasteiger partial charge on any atom is -0.308 e. The Balaban J connectivity index is 1.89. The quantitative estimate of drug-likeness (QED) is 0.196. The predicted molar refractivity (Wildman–Crippen MR) is 149 cm³/mol. The summed E-state index contributed by atoms with van der Waals surface area (Å²) in [5.41, 5.74) is 7.18. The molecule has 0 aliphatic rings. The second kappa shape index (κ2) is 11.5. The van der Waals surface area contributed by atoms with E-state index in [2.05, 4.69) is 136 Å². The van der Waals surface area contributed by atoms with Crippen LogP contribution < -0.4 is 0 Å². The maximum atomic E-state index is 2.42. The number of benzene rings is 4. The van der Waals surface area contributed by atoms with Crippen LogP contribution in [0, 0.1) is 0 Å². The van der Waals surface area contributed by atoms with Crippen molar-refractivity contribution < 1.29 is 4.48 Å². The molecule has 1 nitrogen and oxygen atoms in total. The number of rotatable bonds is 11. The Morgan fingerprint density at radius 1 is 0.514 bits per heavy atom. The molecule has 35 heavy (non-hydrogen) atoms. The molecule has 0 atom stereocenters. The molecule has 4 aromatic rings. The molecule has 4 aromatic carbocycles. The van der Waals surface area contributed by atoms with E-state index in [0.29, 0.717) is 0 Å². The molecule has 180 valence electrons. The van der Waals surface area contributed by atoms with E-state index in [4.69, 9.17) is 0 Å². The van der Waals surface area contributed by atoms with Gasteiger partial charge in [-0.3, -0.25) is 0 Å². The van der Waals surface area contributed by atoms with Gasteiger partial charge in [0, 0.05) is 29.5 Å². The van der Waals surface area contributed by atoms with Crippen LogP contribution in [0.4, 0.5) is 0 Å². The van der Waals surface area contributed by atoms with Crippen molar-refractivity contribution in [3.8, 4) is 0 Å². The Hall–Kier alpha value is -3.16. The molecule has 0 aromatic heterocycles. The zero-order valence-electron chi connectivity index (χ0n) is 21.7. The Morgan fingerprint density at radius 3 is 1.40 bits per heavy atom. The molecule has 4 rings (SSSR count). The highest BCUT2D eigenvalue weighted by Crippen LogP contribution is 2.46. The summed E-state index contributed by atoms with van der Waals surface area (Å²) in [6.07, 6.45) is 3.17. The van der Waals surface area contributed by atoms with Crippen molar-refractivity contribution in [2.75, 3.05) is 6.54 Å². The van der Waals surface area contributed by atoms with Crippen LogP contribution in [0.2, 0.25) is 0 Å². The molecule has 0 spiro atoms. The maximum absolute atomic E-state index is 2.42. The summed E-state index contributed by atoms with van der Waals surface area (Å²) in [6.45, 7) is 10.3. The van der Waals surface area contributed by atoms with Gasteiger partial charge in [0.2, 0.25) is 0 Å². The third kappa shape index (κ3) is 5.26. The lowest BCUT2D eigenvalue weighted by Crippen LogP contribution is -2.61. The normalized spacial score (nSPS) is 12.0. The molecule has 0 fully saturated rings. The topological polar surface area (TPSA) is 0 Å². The maximum Gasteiger partial charge on any atom is 0.125 e. The van der Waals surface area contributed by atoms with Crippen LogP contribution in [0.1, 0.15) is 61.4 Å². The van der Waals surface area contributed by atoms with Crippen LogP contribution >= 0.6 is 0 Å². The molecular formula is C34H40N+. The first kappa shape index (κ1) is 24.9. The van der Waals surface area contributed by atoms with E-state index >= 15 is 0 Å². The van der Waals surface area contributed by atoms with Crippen LogP contribution in [-0.4, -0.2) is 11.0 Å². The Morgan fingerprint density at radius 2 is 0.943 bits per heavy atom. The molecule has 0 heterocycles. The van der Waals surface area contributed by atoms with Crippen LogP contribution in [-0.2, 0) is 25.0 Å². The monoisotopic (exact) mass is 462 g/mol. The van der Waals surface area contributed by atoms with Gasteiger partial charge in [0.15, 0.2) is 0 Å². The minimum absolute atomic E-state index is 0.00576. The Bertz CT molecular complexity index is 1120. The molecule has 1 heteroatoms. The summed E-state index contributed by atoms with van der Waals surface area (Å²) in [6, 6.07) is 42.4. The van der Waals surface area contributed by atoms with Gasteiger partial charge in [0.05, 0.1) is 6.54 Å². The fourth-order valence-electron chi connectivity index (χ4n) is 6.25. The average Bonchev–Trinajstić information content (AvgIpc) is 2.92. The Kier molecular flexibility index (Phi) is 8.21. The summed E-state index contributed by atoms with van der Waals surface area (Å²) < 4.78 is 1.01. The van der Waals surface area contributed by atoms with Gasteiger partial charge >= 0.3 is 0 Å². The van der Waals surface area contributed by atoms with Gasteiger partial charge in [-0.15, -0.1) is 0 Å². The smallest absolute Gasteiger partial charge is 0.125 e. The lowest BCUT2D eigenvalue weighted by Gasteiger charge is -2.54. The zero-order chi connectivity index (χ0) is 24.6. The Labute approximate surface area is 212 Å². The summed E-state index contributed by atoms with van der Waals surface area (Å²) in [5.74, 6) is 0. The van der Waals surface area contributed by atoms with Gasteiger partial charge in [0.25, 0.3) is 0 Å². The second-order valence-corrected chi connectivity index (χ2v) is 9.81. The van der Waals surface area contributed by atoms with Crippen molar-refractivity contribution in [2.24, 2.45) is 0 Å². The van der Waals surface area contributed by atoms with Crippen molar-refractivity contribution in [1.82, 2.24) is 0 Å². The van der Waals surface area contributed by atoms with E-state index in [9.17, 15) is 0 Å². The van der Waals surface area contributed by atoms with E-state index in [1.165, 1.54) is 27.8 Å².